The van der Waals surface area contributed by atoms with Crippen LogP contribution in [0.5, 0.6) is 0 Å². The van der Waals surface area contributed by atoms with Crippen molar-refractivity contribution in [2.24, 2.45) is 0 Å². The zero-order chi connectivity index (χ0) is 20.5. The third-order valence-corrected chi connectivity index (χ3v) is 6.88. The Morgan fingerprint density at radius 3 is 2.67 bits per heavy atom. The molecule has 5 rings (SSSR count). The van der Waals surface area contributed by atoms with Crippen LogP contribution in [0.1, 0.15) is 5.89 Å². The lowest BCUT2D eigenvalue weighted by atomic mass is 10.2. The Balaban J connectivity index is 1.49. The Bertz CT molecular complexity index is 1400. The van der Waals surface area contributed by atoms with E-state index < -0.39 is 0 Å². The highest BCUT2D eigenvalue weighted by molar-refractivity contribution is 9.10. The maximum atomic E-state index is 13.1. The van der Waals surface area contributed by atoms with Crippen molar-refractivity contribution in [3.05, 3.63) is 86.8 Å². The van der Waals surface area contributed by atoms with Crippen LogP contribution in [-0.4, -0.2) is 19.7 Å². The average molecular weight is 497 g/mol. The van der Waals surface area contributed by atoms with Crippen LogP contribution in [0.15, 0.2) is 85.0 Å². The second-order valence-electron chi connectivity index (χ2n) is 6.29. The number of benzene rings is 2. The van der Waals surface area contributed by atoms with Crippen molar-refractivity contribution in [1.82, 2.24) is 19.7 Å². The number of halogens is 1. The Labute approximate surface area is 187 Å². The van der Waals surface area contributed by atoms with E-state index in [1.807, 2.05) is 66.0 Å². The van der Waals surface area contributed by atoms with Gasteiger partial charge in [-0.25, -0.2) is 4.98 Å². The number of hydrogen-bond donors (Lipinski definition) is 0. The minimum Gasteiger partial charge on any atom is -0.338 e. The summed E-state index contributed by atoms with van der Waals surface area (Å²) in [6, 6.07) is 19.1. The lowest BCUT2D eigenvalue weighted by Crippen LogP contribution is -2.20. The molecule has 0 aliphatic carbocycles. The molecule has 3 heterocycles. The first kappa shape index (κ1) is 19.2. The summed E-state index contributed by atoms with van der Waals surface area (Å²) in [5.74, 6) is 1.37. The number of rotatable bonds is 5. The van der Waals surface area contributed by atoms with Crippen molar-refractivity contribution in [3.8, 4) is 17.1 Å². The van der Waals surface area contributed by atoms with Crippen LogP contribution in [0.3, 0.4) is 0 Å². The highest BCUT2D eigenvalue weighted by Crippen LogP contribution is 2.28. The average Bonchev–Trinajstić information content (AvgIpc) is 3.43. The van der Waals surface area contributed by atoms with E-state index in [1.54, 1.807) is 4.57 Å². The SMILES string of the molecule is O=c1c2sccc2nc(SCc2nc(-c3ccccc3Br)no2)n1-c1ccccc1. The van der Waals surface area contributed by atoms with Crippen molar-refractivity contribution >= 4 is 49.2 Å². The molecule has 0 fully saturated rings. The Kier molecular flexibility index (Phi) is 5.24. The van der Waals surface area contributed by atoms with Crippen molar-refractivity contribution in [2.75, 3.05) is 0 Å². The first-order valence-electron chi connectivity index (χ1n) is 8.96. The molecule has 0 saturated heterocycles. The first-order chi connectivity index (χ1) is 14.7. The molecule has 148 valence electrons. The maximum Gasteiger partial charge on any atom is 0.276 e. The van der Waals surface area contributed by atoms with E-state index in [0.717, 1.165) is 15.7 Å². The first-order valence-corrected chi connectivity index (χ1v) is 11.6. The molecule has 0 bridgehead atoms. The molecule has 30 heavy (non-hydrogen) atoms. The van der Waals surface area contributed by atoms with Gasteiger partial charge in [-0.1, -0.05) is 63.2 Å². The minimum atomic E-state index is -0.0804. The molecule has 6 nitrogen and oxygen atoms in total. The zero-order valence-corrected chi connectivity index (χ0v) is 18.6. The van der Waals surface area contributed by atoms with E-state index in [2.05, 4.69) is 26.1 Å². The van der Waals surface area contributed by atoms with Crippen LogP contribution in [0.25, 0.3) is 27.3 Å². The molecule has 0 amide bonds. The van der Waals surface area contributed by atoms with E-state index >= 15 is 0 Å². The predicted octanol–water partition coefficient (Wildman–Crippen LogP) is 5.55. The van der Waals surface area contributed by atoms with E-state index in [9.17, 15) is 4.79 Å². The van der Waals surface area contributed by atoms with Crippen LogP contribution in [0.4, 0.5) is 0 Å². The molecule has 0 saturated carbocycles. The summed E-state index contributed by atoms with van der Waals surface area (Å²) in [6.07, 6.45) is 0. The summed E-state index contributed by atoms with van der Waals surface area (Å²) in [5, 5.41) is 6.54. The Hall–Kier alpha value is -2.75. The van der Waals surface area contributed by atoms with Crippen molar-refractivity contribution in [1.29, 1.82) is 0 Å². The van der Waals surface area contributed by atoms with E-state index in [-0.39, 0.29) is 5.56 Å². The van der Waals surface area contributed by atoms with Gasteiger partial charge in [0.2, 0.25) is 11.7 Å². The molecule has 0 atom stereocenters. The lowest BCUT2D eigenvalue weighted by Gasteiger charge is -2.11. The molecule has 0 aliphatic rings. The standard InChI is InChI=1S/C21H13BrN4O2S2/c22-15-9-5-4-8-14(15)19-24-17(28-25-19)12-30-21-23-16-10-11-29-18(16)20(27)26(21)13-6-2-1-3-7-13/h1-11H,12H2. The fourth-order valence-corrected chi connectivity index (χ4v) is 5.06. The quantitative estimate of drug-likeness (QED) is 0.234. The second kappa shape index (κ2) is 8.17. The fraction of sp³-hybridized carbons (Fsp3) is 0.0476. The molecule has 0 spiro atoms. The van der Waals surface area contributed by atoms with Gasteiger partial charge in [-0.05, 0) is 35.7 Å². The van der Waals surface area contributed by atoms with Crippen LogP contribution < -0.4 is 5.56 Å². The number of para-hydroxylation sites is 1. The lowest BCUT2D eigenvalue weighted by molar-refractivity contribution is 0.391. The summed E-state index contributed by atoms with van der Waals surface area (Å²) < 4.78 is 8.59. The molecule has 3 aromatic heterocycles. The minimum absolute atomic E-state index is 0.0804. The Morgan fingerprint density at radius 2 is 1.83 bits per heavy atom. The van der Waals surface area contributed by atoms with Gasteiger partial charge in [-0.2, -0.15) is 4.98 Å². The van der Waals surface area contributed by atoms with Crippen LogP contribution >= 0.6 is 39.0 Å². The van der Waals surface area contributed by atoms with Crippen LogP contribution in [0.2, 0.25) is 0 Å². The summed E-state index contributed by atoms with van der Waals surface area (Å²) >= 11 is 6.29. The molecule has 5 aromatic rings. The monoisotopic (exact) mass is 496 g/mol. The van der Waals surface area contributed by atoms with Gasteiger partial charge in [0, 0.05) is 10.0 Å². The summed E-state index contributed by atoms with van der Waals surface area (Å²) in [4.78, 5) is 22.3. The van der Waals surface area contributed by atoms with Crippen molar-refractivity contribution in [2.45, 2.75) is 10.9 Å². The van der Waals surface area contributed by atoms with Gasteiger partial charge in [0.1, 0.15) is 4.70 Å². The number of hydrogen-bond acceptors (Lipinski definition) is 7. The molecular formula is C21H13BrN4O2S2. The van der Waals surface area contributed by atoms with Gasteiger partial charge >= 0.3 is 0 Å². The molecule has 0 N–H and O–H groups in total. The fourth-order valence-electron chi connectivity index (χ4n) is 2.99. The third-order valence-electron chi connectivity index (χ3n) is 4.37. The largest absolute Gasteiger partial charge is 0.338 e. The predicted molar refractivity (Wildman–Crippen MR) is 122 cm³/mol. The van der Waals surface area contributed by atoms with Crippen LogP contribution in [0, 0.1) is 0 Å². The van der Waals surface area contributed by atoms with Gasteiger partial charge in [-0.15, -0.1) is 11.3 Å². The number of aromatic nitrogens is 4. The topological polar surface area (TPSA) is 73.8 Å². The highest BCUT2D eigenvalue weighted by atomic mass is 79.9. The molecule has 2 aromatic carbocycles. The van der Waals surface area contributed by atoms with Gasteiger partial charge in [-0.3, -0.25) is 9.36 Å². The Morgan fingerprint density at radius 1 is 1.03 bits per heavy atom. The summed E-state index contributed by atoms with van der Waals surface area (Å²) in [5.41, 5.74) is 2.24. The molecule has 0 aliphatic heterocycles. The van der Waals surface area contributed by atoms with E-state index in [1.165, 1.54) is 23.1 Å². The number of nitrogens with zero attached hydrogens (tertiary/aromatic N) is 4. The second-order valence-corrected chi connectivity index (χ2v) is 9.00. The van der Waals surface area contributed by atoms with Crippen molar-refractivity contribution < 1.29 is 4.52 Å². The number of thioether (sulfide) groups is 1. The smallest absolute Gasteiger partial charge is 0.276 e. The molecule has 0 unspecified atom stereocenters. The van der Waals surface area contributed by atoms with Crippen LogP contribution in [-0.2, 0) is 5.75 Å². The molecular weight excluding hydrogens is 484 g/mol. The summed E-state index contributed by atoms with van der Waals surface area (Å²) in [6.45, 7) is 0. The van der Waals surface area contributed by atoms with Gasteiger partial charge < -0.3 is 4.52 Å². The molecule has 9 heteroatoms. The highest BCUT2D eigenvalue weighted by Gasteiger charge is 2.17. The van der Waals surface area contributed by atoms with Gasteiger partial charge in [0.25, 0.3) is 5.56 Å². The van der Waals surface area contributed by atoms with Gasteiger partial charge in [0.05, 0.1) is 17.0 Å². The summed E-state index contributed by atoms with van der Waals surface area (Å²) in [7, 11) is 0. The number of thiophene rings is 1. The number of fused-ring (bicyclic) bond motifs is 1. The van der Waals surface area contributed by atoms with Gasteiger partial charge in [0.15, 0.2) is 5.16 Å². The van der Waals surface area contributed by atoms with E-state index in [4.69, 9.17) is 9.51 Å². The van der Waals surface area contributed by atoms with E-state index in [0.29, 0.717) is 32.8 Å². The maximum absolute atomic E-state index is 13.1. The zero-order valence-electron chi connectivity index (χ0n) is 15.4. The van der Waals surface area contributed by atoms with Crippen molar-refractivity contribution in [3.63, 3.8) is 0 Å². The normalized spacial score (nSPS) is 11.2. The molecule has 0 radical (unpaired) electrons. The third kappa shape index (κ3) is 3.60.